The van der Waals surface area contributed by atoms with Crippen molar-refractivity contribution in [3.8, 4) is 22.4 Å². The maximum absolute atomic E-state index is 4.53. The Bertz CT molecular complexity index is 577. The van der Waals surface area contributed by atoms with Crippen molar-refractivity contribution < 1.29 is 20.1 Å². The van der Waals surface area contributed by atoms with Gasteiger partial charge in [0.2, 0.25) is 0 Å². The van der Waals surface area contributed by atoms with Crippen LogP contribution in [0.5, 0.6) is 0 Å². The number of nitrogens with zero attached hydrogens (tertiary/aromatic N) is 1. The minimum absolute atomic E-state index is 0. The molecule has 0 radical (unpaired) electrons. The molecule has 0 spiro atoms. The van der Waals surface area contributed by atoms with Crippen LogP contribution in [0.4, 0.5) is 0 Å². The maximum atomic E-state index is 4.53. The van der Waals surface area contributed by atoms with Crippen LogP contribution in [-0.2, 0) is 20.1 Å². The Labute approximate surface area is 126 Å². The largest absolute Gasteiger partial charge is 3.00 e. The zero-order chi connectivity index (χ0) is 12.2. The third-order valence-electron chi connectivity index (χ3n) is 2.94. The first-order valence-corrected chi connectivity index (χ1v) is 6.01. The molecule has 0 amide bonds. The molecule has 92 valence electrons. The van der Waals surface area contributed by atoms with E-state index in [0.717, 1.165) is 11.3 Å². The summed E-state index contributed by atoms with van der Waals surface area (Å²) in [4.78, 5) is 4.53. The number of hydrogen-bond acceptors (Lipinski definition) is 1. The molecule has 1 aromatic heterocycles. The van der Waals surface area contributed by atoms with Crippen molar-refractivity contribution >= 4 is 0 Å². The van der Waals surface area contributed by atoms with Crippen LogP contribution in [-0.4, -0.2) is 4.98 Å². The second-order valence-corrected chi connectivity index (χ2v) is 4.13. The first-order valence-electron chi connectivity index (χ1n) is 6.01. The van der Waals surface area contributed by atoms with Gasteiger partial charge in [-0.3, -0.25) is 4.98 Å². The molecule has 0 fully saturated rings. The Kier molecular flexibility index (Phi) is 4.62. The van der Waals surface area contributed by atoms with Gasteiger partial charge in [0.05, 0.1) is 5.69 Å². The van der Waals surface area contributed by atoms with Gasteiger partial charge in [-0.15, -0.1) is 0 Å². The Balaban J connectivity index is 0.00000133. The predicted molar refractivity (Wildman–Crippen MR) is 75.1 cm³/mol. The molecule has 0 aliphatic heterocycles. The van der Waals surface area contributed by atoms with Crippen LogP contribution in [0.1, 0.15) is 0 Å². The van der Waals surface area contributed by atoms with Gasteiger partial charge in [-0.1, -0.05) is 66.7 Å². The molecule has 0 unspecified atom stereocenters. The van der Waals surface area contributed by atoms with Gasteiger partial charge >= 0.3 is 20.1 Å². The molecule has 1 nitrogen and oxygen atoms in total. The number of aromatic nitrogens is 1. The molecule has 0 N–H and O–H groups in total. The average molecular weight is 424 g/mol. The van der Waals surface area contributed by atoms with E-state index in [0.29, 0.717) is 0 Å². The maximum Gasteiger partial charge on any atom is 3.00 e. The predicted octanol–water partition coefficient (Wildman–Crippen LogP) is 4.41. The third-order valence-corrected chi connectivity index (χ3v) is 2.94. The van der Waals surface area contributed by atoms with Gasteiger partial charge in [-0.05, 0) is 11.6 Å². The zero-order valence-corrected chi connectivity index (χ0v) is 12.7. The molecule has 0 aliphatic carbocycles. The molecule has 2 heteroatoms. The van der Waals surface area contributed by atoms with Crippen LogP contribution in [0.15, 0.2) is 79.0 Å². The summed E-state index contributed by atoms with van der Waals surface area (Å²) in [5, 5.41) is 0. The fourth-order valence-electron chi connectivity index (χ4n) is 2.08. The van der Waals surface area contributed by atoms with E-state index in [4.69, 9.17) is 0 Å². The Morgan fingerprint density at radius 1 is 0.579 bits per heavy atom. The van der Waals surface area contributed by atoms with Crippen molar-refractivity contribution in [1.29, 1.82) is 0 Å². The number of rotatable bonds is 2. The average Bonchev–Trinajstić information content (AvgIpc) is 2.49. The van der Waals surface area contributed by atoms with Gasteiger partial charge in [-0.2, -0.15) is 0 Å². The van der Waals surface area contributed by atoms with Gasteiger partial charge in [0.25, 0.3) is 0 Å². The molecule has 0 aliphatic rings. The summed E-state index contributed by atoms with van der Waals surface area (Å²) in [6.07, 6.45) is 1.84. The molecule has 1 heterocycles. The summed E-state index contributed by atoms with van der Waals surface area (Å²) >= 11 is 0. The van der Waals surface area contributed by atoms with Gasteiger partial charge in [0.15, 0.2) is 0 Å². The van der Waals surface area contributed by atoms with Crippen LogP contribution >= 0.6 is 0 Å². The van der Waals surface area contributed by atoms with Crippen LogP contribution in [0.2, 0.25) is 0 Å². The summed E-state index contributed by atoms with van der Waals surface area (Å²) in [5.74, 6) is 0. The molecular weight excluding hydrogens is 410 g/mol. The minimum atomic E-state index is 0. The van der Waals surface area contributed by atoms with E-state index < -0.39 is 0 Å². The first kappa shape index (κ1) is 13.7. The van der Waals surface area contributed by atoms with Crippen molar-refractivity contribution in [2.75, 3.05) is 0 Å². The van der Waals surface area contributed by atoms with Gasteiger partial charge in [0, 0.05) is 17.3 Å². The van der Waals surface area contributed by atoms with Crippen LogP contribution in [0.3, 0.4) is 0 Å². The Morgan fingerprint density at radius 2 is 1.16 bits per heavy atom. The van der Waals surface area contributed by atoms with Crippen molar-refractivity contribution in [2.24, 2.45) is 0 Å². The van der Waals surface area contributed by atoms with Gasteiger partial charge in [-0.25, -0.2) is 0 Å². The van der Waals surface area contributed by atoms with E-state index in [1.54, 1.807) is 0 Å². The van der Waals surface area contributed by atoms with Gasteiger partial charge in [0.1, 0.15) is 0 Å². The topological polar surface area (TPSA) is 12.9 Å². The number of pyridine rings is 1. The van der Waals surface area contributed by atoms with E-state index in [1.165, 1.54) is 11.1 Å². The summed E-state index contributed by atoms with van der Waals surface area (Å²) in [6.45, 7) is 0. The van der Waals surface area contributed by atoms with Crippen molar-refractivity contribution in [3.05, 3.63) is 79.0 Å². The molecule has 0 atom stereocenters. The number of benzene rings is 2. The van der Waals surface area contributed by atoms with E-state index in [1.807, 2.05) is 36.5 Å². The molecule has 2 aromatic carbocycles. The van der Waals surface area contributed by atoms with Crippen LogP contribution in [0, 0.1) is 0 Å². The molecule has 3 rings (SSSR count). The van der Waals surface area contributed by atoms with Crippen molar-refractivity contribution in [3.63, 3.8) is 0 Å². The summed E-state index contributed by atoms with van der Waals surface area (Å²) in [6, 6.07) is 24.7. The SMILES string of the molecule is [Ir+3].c1ccc(-c2cccnc2-c2ccccc2)cc1. The second-order valence-electron chi connectivity index (χ2n) is 4.13. The standard InChI is InChI=1S/C17H13N.Ir/c1-3-8-14(9-4-1)16-12-7-13-18-17(16)15-10-5-2-6-11-15;/h1-13H;/q;+3. The third kappa shape index (κ3) is 2.98. The zero-order valence-electron chi connectivity index (χ0n) is 10.3. The summed E-state index contributed by atoms with van der Waals surface area (Å²) in [5.41, 5.74) is 4.55. The fourth-order valence-corrected chi connectivity index (χ4v) is 2.08. The summed E-state index contributed by atoms with van der Waals surface area (Å²) in [7, 11) is 0. The molecule has 19 heavy (non-hydrogen) atoms. The van der Waals surface area contributed by atoms with E-state index in [9.17, 15) is 0 Å². The second kappa shape index (κ2) is 6.42. The Morgan fingerprint density at radius 3 is 1.79 bits per heavy atom. The van der Waals surface area contributed by atoms with E-state index >= 15 is 0 Å². The van der Waals surface area contributed by atoms with Crippen molar-refractivity contribution in [1.82, 2.24) is 4.98 Å². The molecular formula is C17H13IrN+3. The summed E-state index contributed by atoms with van der Waals surface area (Å²) < 4.78 is 0. The van der Waals surface area contributed by atoms with Gasteiger partial charge < -0.3 is 0 Å². The minimum Gasteiger partial charge on any atom is -0.256 e. The Hall–Kier alpha value is -1.76. The van der Waals surface area contributed by atoms with E-state index in [2.05, 4.69) is 47.4 Å². The van der Waals surface area contributed by atoms with Crippen LogP contribution in [0.25, 0.3) is 22.4 Å². The van der Waals surface area contributed by atoms with Crippen molar-refractivity contribution in [2.45, 2.75) is 0 Å². The van der Waals surface area contributed by atoms with Crippen LogP contribution < -0.4 is 0 Å². The monoisotopic (exact) mass is 424 g/mol. The molecule has 3 aromatic rings. The normalized spacial score (nSPS) is 9.68. The molecule has 0 saturated carbocycles. The quantitative estimate of drug-likeness (QED) is 0.595. The molecule has 0 saturated heterocycles. The number of hydrogen-bond donors (Lipinski definition) is 0. The molecule has 0 bridgehead atoms. The first-order chi connectivity index (χ1) is 8.95. The smallest absolute Gasteiger partial charge is 0.256 e. The fraction of sp³-hybridized carbons (Fsp3) is 0. The van der Waals surface area contributed by atoms with E-state index in [-0.39, 0.29) is 20.1 Å².